The van der Waals surface area contributed by atoms with E-state index in [0.717, 1.165) is 6.42 Å². The molecule has 1 aliphatic rings. The molecule has 1 heteroatoms. The van der Waals surface area contributed by atoms with Gasteiger partial charge >= 0.3 is 0 Å². The molecule has 27 heavy (non-hydrogen) atoms. The van der Waals surface area contributed by atoms with E-state index in [-0.39, 0.29) is 0 Å². The number of aryl methyl sites for hydroxylation is 1. The second-order valence-corrected chi connectivity index (χ2v) is 8.20. The summed E-state index contributed by atoms with van der Waals surface area (Å²) in [6.45, 7) is 2.23. The minimum absolute atomic E-state index is 1.03. The van der Waals surface area contributed by atoms with Gasteiger partial charge in [-0.2, -0.15) is 0 Å². The van der Waals surface area contributed by atoms with E-state index in [1.165, 1.54) is 48.7 Å². The summed E-state index contributed by atoms with van der Waals surface area (Å²) in [5.74, 6) is 0. The van der Waals surface area contributed by atoms with Crippen LogP contribution in [0.3, 0.4) is 0 Å². The van der Waals surface area contributed by atoms with Crippen LogP contribution in [0.2, 0.25) is 0 Å². The molecular formula is C26H20S. The van der Waals surface area contributed by atoms with Crippen molar-refractivity contribution >= 4 is 11.8 Å². The lowest BCUT2D eigenvalue weighted by molar-refractivity contribution is 1.25. The van der Waals surface area contributed by atoms with Crippen LogP contribution in [0.25, 0.3) is 22.3 Å². The van der Waals surface area contributed by atoms with Gasteiger partial charge in [-0.05, 0) is 76.6 Å². The zero-order chi connectivity index (χ0) is 18.2. The van der Waals surface area contributed by atoms with Crippen LogP contribution in [0.1, 0.15) is 16.7 Å². The molecule has 4 aromatic rings. The maximum Gasteiger partial charge on any atom is 0.0122 e. The summed E-state index contributed by atoms with van der Waals surface area (Å²) < 4.78 is 0. The van der Waals surface area contributed by atoms with Crippen molar-refractivity contribution in [2.45, 2.75) is 23.1 Å². The van der Waals surface area contributed by atoms with Crippen LogP contribution in [-0.4, -0.2) is 0 Å². The Kier molecular flexibility index (Phi) is 4.10. The fourth-order valence-corrected chi connectivity index (χ4v) is 4.88. The Bertz CT molecular complexity index is 1110. The van der Waals surface area contributed by atoms with E-state index >= 15 is 0 Å². The van der Waals surface area contributed by atoms with Gasteiger partial charge in [0.1, 0.15) is 0 Å². The van der Waals surface area contributed by atoms with Crippen LogP contribution in [0.15, 0.2) is 101 Å². The lowest BCUT2D eigenvalue weighted by atomic mass is 9.92. The molecule has 0 N–H and O–H groups in total. The Morgan fingerprint density at radius 2 is 1.33 bits per heavy atom. The van der Waals surface area contributed by atoms with E-state index in [9.17, 15) is 0 Å². The smallest absolute Gasteiger partial charge is 0.0122 e. The summed E-state index contributed by atoms with van der Waals surface area (Å²) in [5.41, 5.74) is 9.77. The topological polar surface area (TPSA) is 0 Å². The third-order valence-electron chi connectivity index (χ3n) is 5.32. The minimum Gasteiger partial charge on any atom is -0.0901 e. The molecule has 0 saturated heterocycles. The monoisotopic (exact) mass is 364 g/mol. The Labute approximate surface area is 164 Å². The first-order chi connectivity index (χ1) is 13.3. The van der Waals surface area contributed by atoms with Crippen molar-refractivity contribution in [1.82, 2.24) is 0 Å². The maximum absolute atomic E-state index is 2.29. The van der Waals surface area contributed by atoms with Crippen LogP contribution >= 0.6 is 11.8 Å². The van der Waals surface area contributed by atoms with Gasteiger partial charge < -0.3 is 0 Å². The predicted octanol–water partition coefficient (Wildman–Crippen LogP) is 7.38. The number of rotatable bonds is 3. The molecule has 0 bridgehead atoms. The molecule has 1 aliphatic carbocycles. The quantitative estimate of drug-likeness (QED) is 0.322. The molecule has 130 valence electrons. The normalized spacial score (nSPS) is 11.9. The molecule has 0 heterocycles. The Balaban J connectivity index is 1.52. The van der Waals surface area contributed by atoms with Gasteiger partial charge in [0, 0.05) is 9.79 Å². The van der Waals surface area contributed by atoms with E-state index in [1.807, 2.05) is 11.8 Å². The standard InChI is InChI=1S/C26H20S/c1-18-11-16-24-23-10-6-5-7-20(23)17-25(24)26(18)19-12-14-22(15-13-19)27-21-8-3-2-4-9-21/h2-16H,17H2,1H3. The molecule has 0 atom stereocenters. The van der Waals surface area contributed by atoms with Gasteiger partial charge in [-0.3, -0.25) is 0 Å². The van der Waals surface area contributed by atoms with Gasteiger partial charge in [0.05, 0.1) is 0 Å². The van der Waals surface area contributed by atoms with Crippen molar-refractivity contribution in [3.63, 3.8) is 0 Å². The number of hydrogen-bond acceptors (Lipinski definition) is 1. The van der Waals surface area contributed by atoms with E-state index in [4.69, 9.17) is 0 Å². The summed E-state index contributed by atoms with van der Waals surface area (Å²) >= 11 is 1.81. The van der Waals surface area contributed by atoms with Crippen LogP contribution < -0.4 is 0 Å². The van der Waals surface area contributed by atoms with Crippen LogP contribution in [0.4, 0.5) is 0 Å². The van der Waals surface area contributed by atoms with E-state index in [2.05, 4.69) is 97.9 Å². The van der Waals surface area contributed by atoms with Gasteiger partial charge in [0.15, 0.2) is 0 Å². The highest BCUT2D eigenvalue weighted by atomic mass is 32.2. The fraction of sp³-hybridized carbons (Fsp3) is 0.0769. The first-order valence-electron chi connectivity index (χ1n) is 9.34. The fourth-order valence-electron chi connectivity index (χ4n) is 4.04. The Hall–Kier alpha value is -2.77. The van der Waals surface area contributed by atoms with Crippen LogP contribution in [-0.2, 0) is 6.42 Å². The summed E-state index contributed by atoms with van der Waals surface area (Å²) in [4.78, 5) is 2.55. The van der Waals surface area contributed by atoms with E-state index < -0.39 is 0 Å². The molecule has 0 saturated carbocycles. The molecule has 0 radical (unpaired) electrons. The molecule has 0 amide bonds. The third kappa shape index (κ3) is 2.98. The molecular weight excluding hydrogens is 344 g/mol. The van der Waals surface area contributed by atoms with Crippen molar-refractivity contribution < 1.29 is 0 Å². The lowest BCUT2D eigenvalue weighted by Gasteiger charge is -2.13. The molecule has 5 rings (SSSR count). The van der Waals surface area contributed by atoms with Crippen molar-refractivity contribution in [3.05, 3.63) is 108 Å². The zero-order valence-corrected chi connectivity index (χ0v) is 16.1. The molecule has 0 unspecified atom stereocenters. The zero-order valence-electron chi connectivity index (χ0n) is 15.3. The van der Waals surface area contributed by atoms with Crippen LogP contribution in [0.5, 0.6) is 0 Å². The molecule has 0 aromatic heterocycles. The van der Waals surface area contributed by atoms with Gasteiger partial charge in [-0.25, -0.2) is 0 Å². The summed E-state index contributed by atoms with van der Waals surface area (Å²) in [6, 6.07) is 32.9. The molecule has 0 fully saturated rings. The first kappa shape index (κ1) is 16.4. The highest BCUT2D eigenvalue weighted by Gasteiger charge is 2.22. The predicted molar refractivity (Wildman–Crippen MR) is 115 cm³/mol. The van der Waals surface area contributed by atoms with Gasteiger partial charge in [-0.15, -0.1) is 0 Å². The molecule has 0 aliphatic heterocycles. The summed E-state index contributed by atoms with van der Waals surface area (Å²) in [5, 5.41) is 0. The molecule has 0 spiro atoms. The summed E-state index contributed by atoms with van der Waals surface area (Å²) in [7, 11) is 0. The average molecular weight is 365 g/mol. The SMILES string of the molecule is Cc1ccc2c(c1-c1ccc(Sc3ccccc3)cc1)Cc1ccccc1-2. The van der Waals surface area contributed by atoms with Crippen molar-refractivity contribution in [2.24, 2.45) is 0 Å². The van der Waals surface area contributed by atoms with Crippen LogP contribution in [0, 0.1) is 6.92 Å². The number of benzene rings is 4. The second-order valence-electron chi connectivity index (χ2n) is 7.06. The molecule has 0 nitrogen and oxygen atoms in total. The Morgan fingerprint density at radius 3 is 2.15 bits per heavy atom. The largest absolute Gasteiger partial charge is 0.0901 e. The van der Waals surface area contributed by atoms with Gasteiger partial charge in [0.2, 0.25) is 0 Å². The highest BCUT2D eigenvalue weighted by molar-refractivity contribution is 7.99. The van der Waals surface area contributed by atoms with Crippen molar-refractivity contribution in [2.75, 3.05) is 0 Å². The van der Waals surface area contributed by atoms with E-state index in [0.29, 0.717) is 0 Å². The third-order valence-corrected chi connectivity index (χ3v) is 6.33. The number of fused-ring (bicyclic) bond motifs is 3. The van der Waals surface area contributed by atoms with E-state index in [1.54, 1.807) is 0 Å². The van der Waals surface area contributed by atoms with Gasteiger partial charge in [0.25, 0.3) is 0 Å². The Morgan fingerprint density at radius 1 is 0.630 bits per heavy atom. The minimum atomic E-state index is 1.03. The van der Waals surface area contributed by atoms with Gasteiger partial charge in [-0.1, -0.05) is 78.5 Å². The molecule has 4 aromatic carbocycles. The van der Waals surface area contributed by atoms with Crippen molar-refractivity contribution in [3.8, 4) is 22.3 Å². The maximum atomic E-state index is 2.29. The highest BCUT2D eigenvalue weighted by Crippen LogP contribution is 2.43. The first-order valence-corrected chi connectivity index (χ1v) is 10.2. The average Bonchev–Trinajstić information content (AvgIpc) is 3.08. The second kappa shape index (κ2) is 6.75. The number of hydrogen-bond donors (Lipinski definition) is 0. The lowest BCUT2D eigenvalue weighted by Crippen LogP contribution is -1.92. The van der Waals surface area contributed by atoms with Crippen molar-refractivity contribution in [1.29, 1.82) is 0 Å². The summed E-state index contributed by atoms with van der Waals surface area (Å²) in [6.07, 6.45) is 1.03.